The van der Waals surface area contributed by atoms with Crippen LogP contribution >= 0.6 is 0 Å². The zero-order valence-corrected chi connectivity index (χ0v) is 11.5. The molecule has 21 heavy (non-hydrogen) atoms. The molecule has 0 unspecified atom stereocenters. The first-order valence-corrected chi connectivity index (χ1v) is 6.00. The fourth-order valence-electron chi connectivity index (χ4n) is 1.68. The zero-order valence-electron chi connectivity index (χ0n) is 11.5. The van der Waals surface area contributed by atoms with Gasteiger partial charge >= 0.3 is 11.7 Å². The molecule has 1 heterocycles. The van der Waals surface area contributed by atoms with Crippen LogP contribution in [0.1, 0.15) is 17.0 Å². The van der Waals surface area contributed by atoms with Gasteiger partial charge in [-0.1, -0.05) is 6.07 Å². The van der Waals surface area contributed by atoms with Gasteiger partial charge in [-0.2, -0.15) is 4.98 Å². The molecule has 0 amide bonds. The normalized spacial score (nSPS) is 10.2. The number of benzene rings is 1. The average molecular weight is 287 g/mol. The molecular formula is C13H13N5O3. The summed E-state index contributed by atoms with van der Waals surface area (Å²) < 4.78 is 5.38. The van der Waals surface area contributed by atoms with E-state index in [0.717, 1.165) is 5.56 Å². The van der Waals surface area contributed by atoms with Crippen LogP contribution in [0.15, 0.2) is 24.3 Å². The predicted octanol–water partition coefficient (Wildman–Crippen LogP) is 2.08. The molecule has 0 atom stereocenters. The van der Waals surface area contributed by atoms with Crippen molar-refractivity contribution in [2.45, 2.75) is 13.8 Å². The number of nitrogens with one attached hydrogen (secondary N) is 1. The molecule has 0 aliphatic carbocycles. The Kier molecular flexibility index (Phi) is 3.79. The molecule has 8 nitrogen and oxygen atoms in total. The van der Waals surface area contributed by atoms with Gasteiger partial charge in [-0.3, -0.25) is 15.5 Å². The Labute approximate surface area is 120 Å². The number of hydrogen-bond acceptors (Lipinski definition) is 6. The molecule has 2 aromatic rings. The SMILES string of the molecule is Cc1ccc(Oc2nc(C)cc(C(=N)N)n2)c([N+](=O)[O-])c1. The molecule has 1 aromatic carbocycles. The van der Waals surface area contributed by atoms with E-state index < -0.39 is 4.92 Å². The highest BCUT2D eigenvalue weighted by atomic mass is 16.6. The van der Waals surface area contributed by atoms with Crippen molar-refractivity contribution in [1.29, 1.82) is 5.41 Å². The van der Waals surface area contributed by atoms with Crippen LogP contribution in [0.4, 0.5) is 5.69 Å². The van der Waals surface area contributed by atoms with E-state index in [1.165, 1.54) is 18.2 Å². The van der Waals surface area contributed by atoms with E-state index in [9.17, 15) is 10.1 Å². The fraction of sp³-hybridized carbons (Fsp3) is 0.154. The van der Waals surface area contributed by atoms with Gasteiger partial charge in [-0.05, 0) is 31.5 Å². The summed E-state index contributed by atoms with van der Waals surface area (Å²) >= 11 is 0. The molecule has 0 bridgehead atoms. The molecule has 108 valence electrons. The lowest BCUT2D eigenvalue weighted by atomic mass is 10.2. The number of rotatable bonds is 4. The van der Waals surface area contributed by atoms with Gasteiger partial charge in [0, 0.05) is 11.8 Å². The first kappa shape index (κ1) is 14.4. The van der Waals surface area contributed by atoms with Crippen molar-refractivity contribution in [2.75, 3.05) is 0 Å². The van der Waals surface area contributed by atoms with E-state index in [0.29, 0.717) is 5.69 Å². The topological polar surface area (TPSA) is 128 Å². The second kappa shape index (κ2) is 5.53. The number of nitrogen functional groups attached to an aromatic ring is 1. The van der Waals surface area contributed by atoms with E-state index in [2.05, 4.69) is 9.97 Å². The lowest BCUT2D eigenvalue weighted by molar-refractivity contribution is -0.385. The van der Waals surface area contributed by atoms with E-state index >= 15 is 0 Å². The molecule has 0 radical (unpaired) electrons. The first-order valence-electron chi connectivity index (χ1n) is 6.00. The third kappa shape index (κ3) is 3.30. The van der Waals surface area contributed by atoms with Crippen LogP contribution in [0.5, 0.6) is 11.8 Å². The fourth-order valence-corrected chi connectivity index (χ4v) is 1.68. The van der Waals surface area contributed by atoms with Gasteiger partial charge in [0.1, 0.15) is 11.5 Å². The summed E-state index contributed by atoms with van der Waals surface area (Å²) in [6.07, 6.45) is 0. The van der Waals surface area contributed by atoms with Crippen molar-refractivity contribution in [3.05, 3.63) is 51.3 Å². The molecule has 0 saturated heterocycles. The van der Waals surface area contributed by atoms with Crippen molar-refractivity contribution < 1.29 is 9.66 Å². The monoisotopic (exact) mass is 287 g/mol. The van der Waals surface area contributed by atoms with Gasteiger partial charge in [-0.25, -0.2) is 4.98 Å². The summed E-state index contributed by atoms with van der Waals surface area (Å²) in [5.74, 6) is -0.200. The molecule has 0 spiro atoms. The molecule has 0 saturated carbocycles. The Balaban J connectivity index is 2.43. The lowest BCUT2D eigenvalue weighted by Crippen LogP contribution is -2.14. The van der Waals surface area contributed by atoms with Crippen molar-refractivity contribution in [1.82, 2.24) is 9.97 Å². The van der Waals surface area contributed by atoms with Crippen LogP contribution in [-0.4, -0.2) is 20.7 Å². The van der Waals surface area contributed by atoms with Crippen molar-refractivity contribution in [3.8, 4) is 11.8 Å². The summed E-state index contributed by atoms with van der Waals surface area (Å²) in [5, 5.41) is 18.4. The van der Waals surface area contributed by atoms with E-state index in [1.54, 1.807) is 19.9 Å². The largest absolute Gasteiger partial charge is 0.417 e. The Morgan fingerprint density at radius 2 is 2.05 bits per heavy atom. The third-order valence-corrected chi connectivity index (χ3v) is 2.62. The Hall–Kier alpha value is -3.03. The van der Waals surface area contributed by atoms with Crippen molar-refractivity contribution >= 4 is 11.5 Å². The van der Waals surface area contributed by atoms with Crippen molar-refractivity contribution in [3.63, 3.8) is 0 Å². The number of nitrogens with two attached hydrogens (primary N) is 1. The third-order valence-electron chi connectivity index (χ3n) is 2.62. The number of amidine groups is 1. The number of nitrogens with zero attached hydrogens (tertiary/aromatic N) is 3. The predicted molar refractivity (Wildman–Crippen MR) is 75.7 cm³/mol. The summed E-state index contributed by atoms with van der Waals surface area (Å²) in [4.78, 5) is 18.5. The molecule has 0 aliphatic heterocycles. The minimum atomic E-state index is -0.538. The highest BCUT2D eigenvalue weighted by Crippen LogP contribution is 2.30. The molecular weight excluding hydrogens is 274 g/mol. The summed E-state index contributed by atoms with van der Waals surface area (Å²) in [6, 6.07) is 6.00. The van der Waals surface area contributed by atoms with E-state index in [1.807, 2.05) is 0 Å². The van der Waals surface area contributed by atoms with Crippen LogP contribution in [-0.2, 0) is 0 Å². The number of aryl methyl sites for hydroxylation is 2. The maximum Gasteiger partial charge on any atom is 0.323 e. The summed E-state index contributed by atoms with van der Waals surface area (Å²) in [6.45, 7) is 3.43. The number of nitro benzene ring substituents is 1. The standard InChI is InChI=1S/C13H13N5O3/c1-7-3-4-11(10(5-7)18(19)20)21-13-16-8(2)6-9(17-13)12(14)15/h3-6H,1-2H3,(H3,14,15). The Morgan fingerprint density at radius 3 is 2.67 bits per heavy atom. The average Bonchev–Trinajstić information content (AvgIpc) is 2.40. The van der Waals surface area contributed by atoms with Gasteiger partial charge in [0.25, 0.3) is 0 Å². The van der Waals surface area contributed by atoms with Crippen LogP contribution < -0.4 is 10.5 Å². The minimum absolute atomic E-state index is 0.0331. The Bertz CT molecular complexity index is 730. The van der Waals surface area contributed by atoms with Crippen LogP contribution in [0.2, 0.25) is 0 Å². The number of ether oxygens (including phenoxy) is 1. The Morgan fingerprint density at radius 1 is 1.33 bits per heavy atom. The zero-order chi connectivity index (χ0) is 15.6. The van der Waals surface area contributed by atoms with Crippen LogP contribution in [0.25, 0.3) is 0 Å². The highest BCUT2D eigenvalue weighted by molar-refractivity contribution is 5.93. The van der Waals surface area contributed by atoms with Crippen LogP contribution in [0, 0.1) is 29.4 Å². The second-order valence-electron chi connectivity index (χ2n) is 4.42. The molecule has 2 rings (SSSR count). The van der Waals surface area contributed by atoms with Crippen molar-refractivity contribution in [2.24, 2.45) is 5.73 Å². The van der Waals surface area contributed by atoms with Gasteiger partial charge in [-0.15, -0.1) is 0 Å². The maximum atomic E-state index is 11.0. The van der Waals surface area contributed by atoms with Gasteiger partial charge < -0.3 is 10.5 Å². The van der Waals surface area contributed by atoms with Gasteiger partial charge in [0.2, 0.25) is 5.75 Å². The smallest absolute Gasteiger partial charge is 0.323 e. The van der Waals surface area contributed by atoms with Crippen LogP contribution in [0.3, 0.4) is 0 Å². The summed E-state index contributed by atoms with van der Waals surface area (Å²) in [5.41, 5.74) is 6.68. The highest BCUT2D eigenvalue weighted by Gasteiger charge is 2.17. The lowest BCUT2D eigenvalue weighted by Gasteiger charge is -2.07. The molecule has 0 aliphatic rings. The number of hydrogen-bond donors (Lipinski definition) is 2. The molecule has 8 heteroatoms. The number of aromatic nitrogens is 2. The van der Waals surface area contributed by atoms with E-state index in [-0.39, 0.29) is 29.0 Å². The van der Waals surface area contributed by atoms with Gasteiger partial charge in [0.05, 0.1) is 4.92 Å². The minimum Gasteiger partial charge on any atom is -0.417 e. The first-order chi connectivity index (χ1) is 9.86. The second-order valence-corrected chi connectivity index (χ2v) is 4.42. The number of nitro groups is 1. The van der Waals surface area contributed by atoms with Gasteiger partial charge in [0.15, 0.2) is 0 Å². The summed E-state index contributed by atoms with van der Waals surface area (Å²) in [7, 11) is 0. The quantitative estimate of drug-likeness (QED) is 0.383. The molecule has 0 fully saturated rings. The maximum absolute atomic E-state index is 11.0. The van der Waals surface area contributed by atoms with E-state index in [4.69, 9.17) is 15.9 Å². The molecule has 3 N–H and O–H groups in total. The molecule has 1 aromatic heterocycles.